The second-order valence-electron chi connectivity index (χ2n) is 10.8. The minimum Gasteiger partial charge on any atom is -0.446 e. The lowest BCUT2D eigenvalue weighted by Gasteiger charge is -2.56. The topological polar surface area (TPSA) is 63.7 Å². The molecule has 38 heavy (non-hydrogen) atoms. The maximum Gasteiger partial charge on any atom is 0.339 e. The fourth-order valence-corrected chi connectivity index (χ4v) is 8.49. The molecular formula is C31H35NO4S2. The molecule has 1 aromatic heterocycles. The highest BCUT2D eigenvalue weighted by atomic mass is 32.2. The summed E-state index contributed by atoms with van der Waals surface area (Å²) >= 11 is 1.58. The van der Waals surface area contributed by atoms with Gasteiger partial charge in [0.05, 0.1) is 10.5 Å². The number of hydrogen-bond acceptors (Lipinski definition) is 5. The fraction of sp³-hybridized carbons (Fsp3) is 0.387. The summed E-state index contributed by atoms with van der Waals surface area (Å²) < 4.78 is 36.1. The Morgan fingerprint density at radius 2 is 1.82 bits per heavy atom. The zero-order chi connectivity index (χ0) is 27.1. The molecule has 0 spiro atoms. The predicted molar refractivity (Wildman–Crippen MR) is 152 cm³/mol. The van der Waals surface area contributed by atoms with E-state index in [2.05, 4.69) is 26.2 Å². The number of thiophene rings is 1. The van der Waals surface area contributed by atoms with E-state index in [1.54, 1.807) is 39.9 Å². The summed E-state index contributed by atoms with van der Waals surface area (Å²) in [6.45, 7) is 8.69. The Balaban J connectivity index is 1.61. The molecule has 0 saturated heterocycles. The van der Waals surface area contributed by atoms with Crippen LogP contribution in [0.2, 0.25) is 0 Å². The number of carbonyl (C=O) groups is 1. The van der Waals surface area contributed by atoms with E-state index in [-0.39, 0.29) is 23.8 Å². The molecule has 0 unspecified atom stereocenters. The van der Waals surface area contributed by atoms with Gasteiger partial charge in [0.1, 0.15) is 0 Å². The molecule has 0 amide bonds. The van der Waals surface area contributed by atoms with Gasteiger partial charge in [0, 0.05) is 30.5 Å². The molecule has 5 nitrogen and oxygen atoms in total. The Morgan fingerprint density at radius 3 is 2.42 bits per heavy atom. The summed E-state index contributed by atoms with van der Waals surface area (Å²) in [5.41, 5.74) is 3.84. The van der Waals surface area contributed by atoms with E-state index in [0.717, 1.165) is 22.3 Å². The molecule has 0 N–H and O–H groups in total. The van der Waals surface area contributed by atoms with E-state index in [9.17, 15) is 13.2 Å². The molecule has 1 aliphatic heterocycles. The Bertz CT molecular complexity index is 1430. The minimum atomic E-state index is -3.70. The van der Waals surface area contributed by atoms with Crippen LogP contribution >= 0.6 is 11.3 Å². The molecule has 3 aromatic rings. The average Bonchev–Trinajstić information content (AvgIpc) is 3.43. The Labute approximate surface area is 230 Å². The number of ether oxygens (including phenoxy) is 1. The van der Waals surface area contributed by atoms with Gasteiger partial charge in [-0.1, -0.05) is 56.7 Å². The number of hydrogen-bond donors (Lipinski definition) is 0. The van der Waals surface area contributed by atoms with E-state index >= 15 is 0 Å². The van der Waals surface area contributed by atoms with Crippen LogP contribution in [0.4, 0.5) is 0 Å². The highest BCUT2D eigenvalue weighted by Gasteiger charge is 2.59. The minimum absolute atomic E-state index is 0.00272. The monoisotopic (exact) mass is 549 g/mol. The van der Waals surface area contributed by atoms with Gasteiger partial charge in [0.15, 0.2) is 5.60 Å². The lowest BCUT2D eigenvalue weighted by Crippen LogP contribution is -2.59. The van der Waals surface area contributed by atoms with Gasteiger partial charge in [-0.15, -0.1) is 0 Å². The van der Waals surface area contributed by atoms with Gasteiger partial charge < -0.3 is 4.74 Å². The van der Waals surface area contributed by atoms with Crippen molar-refractivity contribution in [2.45, 2.75) is 63.5 Å². The van der Waals surface area contributed by atoms with Gasteiger partial charge in [-0.05, 0) is 77.9 Å². The molecule has 3 atom stereocenters. The number of nitrogens with zero attached hydrogens (tertiary/aromatic N) is 1. The average molecular weight is 550 g/mol. The molecule has 0 bridgehead atoms. The number of rotatable bonds is 8. The first-order chi connectivity index (χ1) is 18.2. The van der Waals surface area contributed by atoms with Crippen molar-refractivity contribution in [3.05, 3.63) is 99.3 Å². The van der Waals surface area contributed by atoms with Crippen LogP contribution in [-0.4, -0.2) is 31.3 Å². The summed E-state index contributed by atoms with van der Waals surface area (Å²) in [6, 6.07) is 18.0. The van der Waals surface area contributed by atoms with Crippen molar-refractivity contribution in [3.63, 3.8) is 0 Å². The van der Waals surface area contributed by atoms with Crippen molar-refractivity contribution in [3.8, 4) is 0 Å². The molecule has 2 heterocycles. The summed E-state index contributed by atoms with van der Waals surface area (Å²) in [6.07, 6.45) is 1.96. The van der Waals surface area contributed by atoms with Crippen molar-refractivity contribution in [1.82, 2.24) is 4.31 Å². The lowest BCUT2D eigenvalue weighted by atomic mass is 9.58. The van der Waals surface area contributed by atoms with Gasteiger partial charge in [0.2, 0.25) is 10.0 Å². The predicted octanol–water partition coefficient (Wildman–Crippen LogP) is 6.95. The van der Waals surface area contributed by atoms with E-state index < -0.39 is 15.6 Å². The van der Waals surface area contributed by atoms with Gasteiger partial charge in [0.25, 0.3) is 0 Å². The largest absolute Gasteiger partial charge is 0.446 e. The summed E-state index contributed by atoms with van der Waals surface area (Å²) in [5.74, 6) is -0.0673. The third kappa shape index (κ3) is 4.65. The zero-order valence-electron chi connectivity index (χ0n) is 22.4. The number of esters is 1. The maximum atomic E-state index is 14.0. The molecule has 7 heteroatoms. The first kappa shape index (κ1) is 26.9. The highest BCUT2D eigenvalue weighted by molar-refractivity contribution is 7.89. The third-order valence-electron chi connectivity index (χ3n) is 7.84. The van der Waals surface area contributed by atoms with Crippen LogP contribution in [-0.2, 0) is 20.4 Å². The van der Waals surface area contributed by atoms with Gasteiger partial charge in [-0.2, -0.15) is 15.6 Å². The van der Waals surface area contributed by atoms with Gasteiger partial charge >= 0.3 is 5.97 Å². The van der Waals surface area contributed by atoms with Crippen LogP contribution in [0.15, 0.2) is 87.5 Å². The lowest BCUT2D eigenvalue weighted by molar-refractivity contribution is -0.0565. The van der Waals surface area contributed by atoms with Crippen LogP contribution in [0.5, 0.6) is 0 Å². The Morgan fingerprint density at radius 1 is 1.11 bits per heavy atom. The van der Waals surface area contributed by atoms with Crippen LogP contribution < -0.4 is 0 Å². The number of fused-ring (bicyclic) bond motifs is 1. The summed E-state index contributed by atoms with van der Waals surface area (Å²) in [7, 11) is -3.70. The fourth-order valence-electron chi connectivity index (χ4n) is 6.09. The van der Waals surface area contributed by atoms with Crippen molar-refractivity contribution < 1.29 is 17.9 Å². The number of aryl methyl sites for hydroxylation is 1. The van der Waals surface area contributed by atoms with E-state index in [1.807, 2.05) is 48.7 Å². The van der Waals surface area contributed by atoms with Crippen molar-refractivity contribution in [2.75, 3.05) is 6.54 Å². The molecular weight excluding hydrogens is 514 g/mol. The van der Waals surface area contributed by atoms with Crippen LogP contribution in [0, 0.1) is 18.8 Å². The number of sulfonamides is 1. The third-order valence-corrected chi connectivity index (χ3v) is 10.4. The molecule has 1 fully saturated rings. The van der Waals surface area contributed by atoms with Gasteiger partial charge in [-0.3, -0.25) is 0 Å². The van der Waals surface area contributed by atoms with Crippen LogP contribution in [0.25, 0.3) is 0 Å². The molecule has 1 saturated carbocycles. The highest BCUT2D eigenvalue weighted by Crippen LogP contribution is 2.59. The second kappa shape index (κ2) is 10.4. The Kier molecular flexibility index (Phi) is 7.37. The smallest absolute Gasteiger partial charge is 0.339 e. The molecule has 2 aromatic carbocycles. The van der Waals surface area contributed by atoms with Crippen molar-refractivity contribution >= 4 is 27.3 Å². The van der Waals surface area contributed by atoms with Crippen LogP contribution in [0.3, 0.4) is 0 Å². The Hall–Kier alpha value is -2.74. The van der Waals surface area contributed by atoms with Gasteiger partial charge in [-0.25, -0.2) is 13.2 Å². The zero-order valence-corrected chi connectivity index (χ0v) is 24.0. The molecule has 1 aliphatic carbocycles. The standard InChI is InChI=1S/C31H35NO4S2/c1-5-27-28(17-21(2)3)32(38(34,35)26-13-11-22(4)12-14-26)19-24-18-31(29(24)27,25-15-16-37-20-25)36-30(33)23-9-7-6-8-10-23/h6-16,20-21,24,28H,5,17-19H2,1-4H3/t24-,28-,31+/m0/s1. The van der Waals surface area contributed by atoms with Crippen molar-refractivity contribution in [2.24, 2.45) is 11.8 Å². The summed E-state index contributed by atoms with van der Waals surface area (Å²) in [5, 5.41) is 4.07. The number of benzene rings is 2. The van der Waals surface area contributed by atoms with Crippen LogP contribution in [0.1, 0.15) is 61.5 Å². The van der Waals surface area contributed by atoms with E-state index in [1.165, 1.54) is 0 Å². The first-order valence-electron chi connectivity index (χ1n) is 13.3. The summed E-state index contributed by atoms with van der Waals surface area (Å²) in [4.78, 5) is 13.7. The van der Waals surface area contributed by atoms with Crippen molar-refractivity contribution in [1.29, 1.82) is 0 Å². The number of carbonyl (C=O) groups excluding carboxylic acids is 1. The first-order valence-corrected chi connectivity index (χ1v) is 15.7. The molecule has 0 radical (unpaired) electrons. The normalized spacial score (nSPS) is 23.7. The quantitative estimate of drug-likeness (QED) is 0.225. The molecule has 2 aliphatic rings. The second-order valence-corrected chi connectivity index (χ2v) is 13.5. The molecule has 5 rings (SSSR count). The SMILES string of the molecule is CCC1=C2[C@H](CN(S(=O)(=O)c3ccc(C)cc3)[C@H]1CC(C)C)C[C@@]2(OC(=O)c1ccccc1)c1ccsc1. The van der Waals surface area contributed by atoms with E-state index in [0.29, 0.717) is 36.3 Å². The maximum absolute atomic E-state index is 14.0. The van der Waals surface area contributed by atoms with E-state index in [4.69, 9.17) is 4.74 Å². The molecule has 200 valence electrons.